The summed E-state index contributed by atoms with van der Waals surface area (Å²) in [6, 6.07) is 62.3. The molecule has 0 fully saturated rings. The minimum absolute atomic E-state index is 0.592. The van der Waals surface area contributed by atoms with Gasteiger partial charge in [0.05, 0.1) is 39.0 Å². The zero-order valence-electron chi connectivity index (χ0n) is 28.1. The van der Waals surface area contributed by atoms with Gasteiger partial charge in [0.2, 0.25) is 0 Å². The SMILES string of the molecule is N#Cc1cc(-n2c3ccccc3c3cc(-c4ccccc4)ccc32)c(-c2ccncc2)cc1-n1c2ccccc2c2cc(-c3ccccc3)ccc21. The van der Waals surface area contributed by atoms with Crippen LogP contribution in [0.4, 0.5) is 0 Å². The molecule has 0 radical (unpaired) electrons. The monoisotopic (exact) mass is 662 g/mol. The lowest BCUT2D eigenvalue weighted by molar-refractivity contribution is 1.13. The van der Waals surface area contributed by atoms with Crippen molar-refractivity contribution in [1.82, 2.24) is 14.1 Å². The maximum Gasteiger partial charge on any atom is 0.101 e. The highest BCUT2D eigenvalue weighted by Gasteiger charge is 2.22. The van der Waals surface area contributed by atoms with E-state index >= 15 is 0 Å². The molecule has 0 aliphatic rings. The number of aromatic nitrogens is 3. The van der Waals surface area contributed by atoms with Crippen LogP contribution in [0.1, 0.15) is 5.56 Å². The van der Waals surface area contributed by atoms with E-state index in [1.165, 1.54) is 16.7 Å². The van der Waals surface area contributed by atoms with Crippen molar-refractivity contribution < 1.29 is 0 Å². The molecule has 0 saturated heterocycles. The average molecular weight is 663 g/mol. The third kappa shape index (κ3) is 4.65. The molecular formula is C48H30N4. The lowest BCUT2D eigenvalue weighted by atomic mass is 9.99. The summed E-state index contributed by atoms with van der Waals surface area (Å²) in [7, 11) is 0. The van der Waals surface area contributed by atoms with E-state index in [0.29, 0.717) is 5.56 Å². The van der Waals surface area contributed by atoms with E-state index in [-0.39, 0.29) is 0 Å². The Balaban J connectivity index is 1.27. The molecule has 0 saturated carbocycles. The van der Waals surface area contributed by atoms with Crippen molar-refractivity contribution in [2.75, 3.05) is 0 Å². The van der Waals surface area contributed by atoms with Gasteiger partial charge in [0.15, 0.2) is 0 Å². The minimum Gasteiger partial charge on any atom is -0.309 e. The maximum absolute atomic E-state index is 10.9. The fourth-order valence-corrected chi connectivity index (χ4v) is 7.88. The molecule has 0 spiro atoms. The van der Waals surface area contributed by atoms with Crippen LogP contribution in [0.2, 0.25) is 0 Å². The molecule has 4 heteroatoms. The summed E-state index contributed by atoms with van der Waals surface area (Å²) in [5, 5.41) is 15.6. The van der Waals surface area contributed by atoms with Gasteiger partial charge in [-0.1, -0.05) is 109 Å². The summed E-state index contributed by atoms with van der Waals surface area (Å²) in [5.41, 5.74) is 13.4. The molecule has 242 valence electrons. The highest BCUT2D eigenvalue weighted by atomic mass is 15.0. The number of pyridine rings is 1. The van der Waals surface area contributed by atoms with Gasteiger partial charge in [-0.2, -0.15) is 5.26 Å². The number of hydrogen-bond acceptors (Lipinski definition) is 2. The van der Waals surface area contributed by atoms with Crippen LogP contribution in [0.5, 0.6) is 0 Å². The fourth-order valence-electron chi connectivity index (χ4n) is 7.88. The number of benzene rings is 7. The van der Waals surface area contributed by atoms with Crippen molar-refractivity contribution in [1.29, 1.82) is 5.26 Å². The predicted molar refractivity (Wildman–Crippen MR) is 214 cm³/mol. The highest BCUT2D eigenvalue weighted by Crippen LogP contribution is 2.42. The van der Waals surface area contributed by atoms with Gasteiger partial charge in [-0.15, -0.1) is 0 Å². The molecule has 0 atom stereocenters. The lowest BCUT2D eigenvalue weighted by Crippen LogP contribution is -2.04. The first-order chi connectivity index (χ1) is 25.8. The van der Waals surface area contributed by atoms with Crippen LogP contribution in [0.25, 0.3) is 88.4 Å². The second-order valence-electron chi connectivity index (χ2n) is 13.1. The van der Waals surface area contributed by atoms with Crippen LogP contribution in [0.3, 0.4) is 0 Å². The number of fused-ring (bicyclic) bond motifs is 6. The van der Waals surface area contributed by atoms with Gasteiger partial charge in [0, 0.05) is 39.5 Å². The largest absolute Gasteiger partial charge is 0.309 e. The molecule has 0 aliphatic heterocycles. The van der Waals surface area contributed by atoms with E-state index in [9.17, 15) is 5.26 Å². The summed E-state index contributed by atoms with van der Waals surface area (Å²) >= 11 is 0. The molecule has 0 bridgehead atoms. The molecule has 52 heavy (non-hydrogen) atoms. The van der Waals surface area contributed by atoms with Crippen LogP contribution in [0, 0.1) is 11.3 Å². The molecule has 0 amide bonds. The molecule has 7 aromatic carbocycles. The first-order valence-corrected chi connectivity index (χ1v) is 17.4. The summed E-state index contributed by atoms with van der Waals surface area (Å²) < 4.78 is 4.57. The van der Waals surface area contributed by atoms with E-state index < -0.39 is 0 Å². The molecule has 0 unspecified atom stereocenters. The van der Waals surface area contributed by atoms with Crippen molar-refractivity contribution >= 4 is 43.6 Å². The van der Waals surface area contributed by atoms with Crippen LogP contribution in [0.15, 0.2) is 182 Å². The Morgan fingerprint density at radius 2 is 0.865 bits per heavy atom. The number of nitrogens with zero attached hydrogens (tertiary/aromatic N) is 4. The third-order valence-electron chi connectivity index (χ3n) is 10.3. The Hall–Kier alpha value is -7.22. The molecule has 10 aromatic rings. The van der Waals surface area contributed by atoms with Gasteiger partial charge < -0.3 is 9.13 Å². The third-order valence-corrected chi connectivity index (χ3v) is 10.3. The van der Waals surface area contributed by atoms with E-state index in [1.807, 2.05) is 36.7 Å². The summed E-state index contributed by atoms with van der Waals surface area (Å²) in [5.74, 6) is 0. The molecule has 3 aromatic heterocycles. The van der Waals surface area contributed by atoms with Gasteiger partial charge in [0.1, 0.15) is 6.07 Å². The van der Waals surface area contributed by atoms with Crippen molar-refractivity contribution in [2.24, 2.45) is 0 Å². The lowest BCUT2D eigenvalue weighted by Gasteiger charge is -2.19. The Bertz CT molecular complexity index is 3000. The van der Waals surface area contributed by atoms with E-state index in [2.05, 4.69) is 166 Å². The maximum atomic E-state index is 10.9. The Morgan fingerprint density at radius 1 is 0.385 bits per heavy atom. The molecule has 0 aliphatic carbocycles. The minimum atomic E-state index is 0.592. The first kappa shape index (κ1) is 29.7. The molecule has 4 nitrogen and oxygen atoms in total. The van der Waals surface area contributed by atoms with Gasteiger partial charge in [-0.25, -0.2) is 0 Å². The van der Waals surface area contributed by atoms with E-state index in [1.54, 1.807) is 0 Å². The van der Waals surface area contributed by atoms with Gasteiger partial charge >= 0.3 is 0 Å². The van der Waals surface area contributed by atoms with E-state index in [4.69, 9.17) is 0 Å². The molecule has 10 rings (SSSR count). The highest BCUT2D eigenvalue weighted by molar-refractivity contribution is 6.12. The summed E-state index contributed by atoms with van der Waals surface area (Å²) in [6.07, 6.45) is 3.67. The van der Waals surface area contributed by atoms with Gasteiger partial charge in [-0.05, 0) is 88.5 Å². The number of rotatable bonds is 5. The van der Waals surface area contributed by atoms with Crippen molar-refractivity contribution in [3.8, 4) is 50.8 Å². The smallest absolute Gasteiger partial charge is 0.101 e. The van der Waals surface area contributed by atoms with Crippen molar-refractivity contribution in [3.63, 3.8) is 0 Å². The van der Waals surface area contributed by atoms with Gasteiger partial charge in [-0.3, -0.25) is 4.98 Å². The van der Waals surface area contributed by atoms with Crippen LogP contribution in [-0.4, -0.2) is 14.1 Å². The predicted octanol–water partition coefficient (Wildman–Crippen LogP) is 12.1. The van der Waals surface area contributed by atoms with Crippen LogP contribution >= 0.6 is 0 Å². The topological polar surface area (TPSA) is 46.5 Å². The molecule has 0 N–H and O–H groups in total. The van der Waals surface area contributed by atoms with Crippen LogP contribution < -0.4 is 0 Å². The Morgan fingerprint density at radius 3 is 1.40 bits per heavy atom. The van der Waals surface area contributed by atoms with E-state index in [0.717, 1.165) is 71.7 Å². The zero-order valence-corrected chi connectivity index (χ0v) is 28.1. The summed E-state index contributed by atoms with van der Waals surface area (Å²) in [6.45, 7) is 0. The van der Waals surface area contributed by atoms with Crippen LogP contribution in [-0.2, 0) is 0 Å². The normalized spacial score (nSPS) is 11.4. The quantitative estimate of drug-likeness (QED) is 0.184. The second-order valence-corrected chi connectivity index (χ2v) is 13.1. The number of nitriles is 1. The zero-order chi connectivity index (χ0) is 34.6. The fraction of sp³-hybridized carbons (Fsp3) is 0. The van der Waals surface area contributed by atoms with Crippen molar-refractivity contribution in [2.45, 2.75) is 0 Å². The van der Waals surface area contributed by atoms with Crippen molar-refractivity contribution in [3.05, 3.63) is 188 Å². The Labute approximate surface area is 300 Å². The standard InChI is InChI=1S/C48H30N4/c49-31-37-29-48(52-44-18-10-8-16-39(44)42-28-36(20-22-46(42)52)33-13-5-2-6-14-33)40(34-23-25-50-26-24-34)30-47(37)51-43-17-9-7-15-38(43)41-27-35(19-21-45(41)51)32-11-3-1-4-12-32/h1-30H. The number of hydrogen-bond donors (Lipinski definition) is 0. The second kappa shape index (κ2) is 12.0. The number of para-hydroxylation sites is 2. The Kier molecular flexibility index (Phi) is 6.84. The summed E-state index contributed by atoms with van der Waals surface area (Å²) in [4.78, 5) is 4.36. The average Bonchev–Trinajstić information content (AvgIpc) is 3.73. The molecule has 3 heterocycles. The molecular weight excluding hydrogens is 633 g/mol. The first-order valence-electron chi connectivity index (χ1n) is 17.4. The van der Waals surface area contributed by atoms with Gasteiger partial charge in [0.25, 0.3) is 0 Å².